The second kappa shape index (κ2) is 10.1. The molecule has 4 rings (SSSR count). The van der Waals surface area contributed by atoms with Gasteiger partial charge in [0.1, 0.15) is 0 Å². The van der Waals surface area contributed by atoms with E-state index in [1.165, 1.54) is 78.7 Å². The highest BCUT2D eigenvalue weighted by Gasteiger charge is 2.37. The molecule has 1 aliphatic rings. The van der Waals surface area contributed by atoms with Crippen LogP contribution in [0.15, 0.2) is 69.6 Å². The summed E-state index contributed by atoms with van der Waals surface area (Å²) in [4.78, 5) is 2.42. The topological polar surface area (TPSA) is 3.24 Å². The van der Waals surface area contributed by atoms with Crippen molar-refractivity contribution in [3.05, 3.63) is 86.3 Å². The molecule has 0 bridgehead atoms. The first-order valence-electron chi connectivity index (χ1n) is 11.9. The Morgan fingerprint density at radius 2 is 1.22 bits per heavy atom. The van der Waals surface area contributed by atoms with Crippen LogP contribution in [0.4, 0.5) is 17.1 Å². The SMILES string of the molecule is CCCCCCCCc1ccc(N2c3ccc(Br)cc3C(C)(C)c3cc(Br)ccc32)cc1. The Hall–Kier alpha value is -1.58. The quantitative estimate of drug-likeness (QED) is 0.250. The maximum absolute atomic E-state index is 3.70. The second-order valence-corrected chi connectivity index (χ2v) is 11.3. The van der Waals surface area contributed by atoms with Gasteiger partial charge in [0.2, 0.25) is 0 Å². The van der Waals surface area contributed by atoms with Crippen molar-refractivity contribution in [1.29, 1.82) is 0 Å². The average Bonchev–Trinajstić information content (AvgIpc) is 2.78. The van der Waals surface area contributed by atoms with E-state index in [4.69, 9.17) is 0 Å². The van der Waals surface area contributed by atoms with Crippen molar-refractivity contribution < 1.29 is 0 Å². The van der Waals surface area contributed by atoms with Gasteiger partial charge >= 0.3 is 0 Å². The van der Waals surface area contributed by atoms with Gasteiger partial charge in [0.05, 0.1) is 11.4 Å². The summed E-state index contributed by atoms with van der Waals surface area (Å²) in [5, 5.41) is 0. The van der Waals surface area contributed by atoms with Gasteiger partial charge in [0.15, 0.2) is 0 Å². The maximum Gasteiger partial charge on any atom is 0.0503 e. The Balaban J connectivity index is 1.63. The van der Waals surface area contributed by atoms with E-state index in [1.54, 1.807) is 0 Å². The van der Waals surface area contributed by atoms with Crippen molar-refractivity contribution in [2.45, 2.75) is 71.1 Å². The molecule has 1 nitrogen and oxygen atoms in total. The van der Waals surface area contributed by atoms with Gasteiger partial charge < -0.3 is 4.90 Å². The molecule has 3 aromatic carbocycles. The molecule has 0 fully saturated rings. The van der Waals surface area contributed by atoms with Crippen molar-refractivity contribution >= 4 is 48.9 Å². The highest BCUT2D eigenvalue weighted by atomic mass is 79.9. The van der Waals surface area contributed by atoms with Gasteiger partial charge in [0, 0.05) is 20.0 Å². The molecular formula is C29H33Br2N. The van der Waals surface area contributed by atoms with Crippen LogP contribution in [0.3, 0.4) is 0 Å². The largest absolute Gasteiger partial charge is 0.310 e. The maximum atomic E-state index is 3.70. The molecule has 1 aliphatic heterocycles. The highest BCUT2D eigenvalue weighted by molar-refractivity contribution is 9.10. The van der Waals surface area contributed by atoms with Gasteiger partial charge in [-0.2, -0.15) is 0 Å². The van der Waals surface area contributed by atoms with E-state index in [-0.39, 0.29) is 5.41 Å². The normalized spacial score (nSPS) is 14.2. The smallest absolute Gasteiger partial charge is 0.0503 e. The number of anilines is 3. The van der Waals surface area contributed by atoms with Gasteiger partial charge in [-0.05, 0) is 78.1 Å². The molecule has 0 aromatic heterocycles. The zero-order valence-electron chi connectivity index (χ0n) is 19.4. The first kappa shape index (κ1) is 23.6. The highest BCUT2D eigenvalue weighted by Crippen LogP contribution is 2.52. The van der Waals surface area contributed by atoms with Crippen LogP contribution in [-0.4, -0.2) is 0 Å². The van der Waals surface area contributed by atoms with E-state index in [0.717, 1.165) is 8.95 Å². The van der Waals surface area contributed by atoms with Crippen molar-refractivity contribution in [2.75, 3.05) is 4.90 Å². The second-order valence-electron chi connectivity index (χ2n) is 9.47. The summed E-state index contributed by atoms with van der Waals surface area (Å²) in [5.41, 5.74) is 7.79. The number of hydrogen-bond donors (Lipinski definition) is 0. The van der Waals surface area contributed by atoms with E-state index in [0.29, 0.717) is 0 Å². The summed E-state index contributed by atoms with van der Waals surface area (Å²) in [5.74, 6) is 0. The number of fused-ring (bicyclic) bond motifs is 2. The Bertz CT molecular complexity index is 1010. The number of rotatable bonds is 8. The lowest BCUT2D eigenvalue weighted by Crippen LogP contribution is -2.30. The Morgan fingerprint density at radius 3 is 1.78 bits per heavy atom. The third-order valence-electron chi connectivity index (χ3n) is 6.76. The van der Waals surface area contributed by atoms with Crippen LogP contribution in [-0.2, 0) is 11.8 Å². The fourth-order valence-corrected chi connectivity index (χ4v) is 5.60. The number of benzene rings is 3. The number of halogens is 2. The summed E-state index contributed by atoms with van der Waals surface area (Å²) in [6, 6.07) is 22.6. The van der Waals surface area contributed by atoms with E-state index >= 15 is 0 Å². The molecule has 3 aromatic rings. The number of nitrogens with zero attached hydrogens (tertiary/aromatic N) is 1. The third-order valence-corrected chi connectivity index (χ3v) is 7.75. The van der Waals surface area contributed by atoms with E-state index in [9.17, 15) is 0 Å². The third kappa shape index (κ3) is 4.84. The lowest BCUT2D eigenvalue weighted by Gasteiger charge is -2.42. The minimum atomic E-state index is -0.0769. The number of unbranched alkanes of at least 4 members (excludes halogenated alkanes) is 5. The molecule has 168 valence electrons. The van der Waals surface area contributed by atoms with Gasteiger partial charge in [-0.1, -0.05) is 96.9 Å². The Labute approximate surface area is 210 Å². The Morgan fingerprint density at radius 1 is 0.688 bits per heavy atom. The molecule has 0 amide bonds. The first-order chi connectivity index (χ1) is 15.4. The van der Waals surface area contributed by atoms with Crippen LogP contribution >= 0.6 is 31.9 Å². The molecule has 0 atom stereocenters. The molecule has 0 unspecified atom stereocenters. The predicted molar refractivity (Wildman–Crippen MR) is 146 cm³/mol. The molecule has 0 saturated heterocycles. The van der Waals surface area contributed by atoms with Crippen molar-refractivity contribution in [3.63, 3.8) is 0 Å². The van der Waals surface area contributed by atoms with Crippen LogP contribution in [0.5, 0.6) is 0 Å². The fraction of sp³-hybridized carbons (Fsp3) is 0.379. The lowest BCUT2D eigenvalue weighted by molar-refractivity contribution is 0.607. The molecular weight excluding hydrogens is 522 g/mol. The zero-order valence-corrected chi connectivity index (χ0v) is 22.6. The average molecular weight is 555 g/mol. The van der Waals surface area contributed by atoms with Gasteiger partial charge in [0.25, 0.3) is 0 Å². The standard InChI is InChI=1S/C29H33Br2N/c1-4-5-6-7-8-9-10-21-11-15-24(16-12-21)32-27-17-13-22(30)19-25(27)29(2,3)26-20-23(31)14-18-28(26)32/h11-20H,4-10H2,1-3H3. The molecule has 32 heavy (non-hydrogen) atoms. The predicted octanol–water partition coefficient (Wildman–Crippen LogP) is 10.2. The van der Waals surface area contributed by atoms with Gasteiger partial charge in [-0.25, -0.2) is 0 Å². The Kier molecular flexibility index (Phi) is 7.47. The molecule has 0 saturated carbocycles. The van der Waals surface area contributed by atoms with Crippen LogP contribution in [0, 0.1) is 0 Å². The summed E-state index contributed by atoms with van der Waals surface area (Å²) in [7, 11) is 0. The first-order valence-corrected chi connectivity index (χ1v) is 13.5. The molecule has 0 N–H and O–H groups in total. The van der Waals surface area contributed by atoms with Crippen LogP contribution in [0.1, 0.15) is 76.0 Å². The summed E-state index contributed by atoms with van der Waals surface area (Å²) in [6.07, 6.45) is 9.24. The van der Waals surface area contributed by atoms with Crippen LogP contribution < -0.4 is 4.90 Å². The molecule has 0 aliphatic carbocycles. The summed E-state index contributed by atoms with van der Waals surface area (Å²) in [6.45, 7) is 6.92. The molecule has 3 heteroatoms. The summed E-state index contributed by atoms with van der Waals surface area (Å²) >= 11 is 7.40. The molecule has 0 spiro atoms. The summed E-state index contributed by atoms with van der Waals surface area (Å²) < 4.78 is 2.24. The fourth-order valence-electron chi connectivity index (χ4n) is 4.88. The van der Waals surface area contributed by atoms with E-state index in [1.807, 2.05) is 0 Å². The molecule has 0 radical (unpaired) electrons. The number of aryl methyl sites for hydroxylation is 1. The minimum absolute atomic E-state index is 0.0769. The van der Waals surface area contributed by atoms with E-state index < -0.39 is 0 Å². The van der Waals surface area contributed by atoms with E-state index in [2.05, 4.69) is 118 Å². The minimum Gasteiger partial charge on any atom is -0.310 e. The number of hydrogen-bond acceptors (Lipinski definition) is 1. The van der Waals surface area contributed by atoms with Gasteiger partial charge in [-0.3, -0.25) is 0 Å². The molecule has 1 heterocycles. The van der Waals surface area contributed by atoms with Crippen LogP contribution in [0.2, 0.25) is 0 Å². The van der Waals surface area contributed by atoms with Crippen molar-refractivity contribution in [3.8, 4) is 0 Å². The van der Waals surface area contributed by atoms with Crippen molar-refractivity contribution in [2.24, 2.45) is 0 Å². The monoisotopic (exact) mass is 553 g/mol. The zero-order chi connectivity index (χ0) is 22.7. The van der Waals surface area contributed by atoms with Gasteiger partial charge in [-0.15, -0.1) is 0 Å². The van der Waals surface area contributed by atoms with Crippen LogP contribution in [0.25, 0.3) is 0 Å². The van der Waals surface area contributed by atoms with Crippen molar-refractivity contribution in [1.82, 2.24) is 0 Å². The lowest BCUT2D eigenvalue weighted by atomic mass is 9.73.